The van der Waals surface area contributed by atoms with Gasteiger partial charge in [-0.15, -0.1) is 10.2 Å². The van der Waals surface area contributed by atoms with Crippen molar-refractivity contribution in [2.45, 2.75) is 26.2 Å². The van der Waals surface area contributed by atoms with Crippen LogP contribution < -0.4 is 0 Å². The Morgan fingerprint density at radius 3 is 2.52 bits per heavy atom. The molecule has 0 unspecified atom stereocenters. The normalized spacial score (nSPS) is 12.0. The molecule has 2 heterocycles. The molecule has 108 valence electrons. The van der Waals surface area contributed by atoms with Gasteiger partial charge in [0.15, 0.2) is 16.6 Å². The third-order valence-corrected chi connectivity index (χ3v) is 3.55. The Morgan fingerprint density at radius 2 is 1.86 bits per heavy atom. The lowest BCUT2D eigenvalue weighted by molar-refractivity contribution is 0.584. The van der Waals surface area contributed by atoms with E-state index in [-0.39, 0.29) is 11.2 Å². The molecule has 6 heteroatoms. The van der Waals surface area contributed by atoms with E-state index < -0.39 is 0 Å². The Balaban J connectivity index is 2.25. The van der Waals surface area contributed by atoms with Gasteiger partial charge >= 0.3 is 0 Å². The molecule has 0 spiro atoms. The molecule has 0 N–H and O–H groups in total. The molecule has 1 aromatic carbocycles. The minimum Gasteiger partial charge on any atom is -0.206 e. The molecule has 4 nitrogen and oxygen atoms in total. The number of benzene rings is 1. The van der Waals surface area contributed by atoms with Gasteiger partial charge in [-0.3, -0.25) is 0 Å². The van der Waals surface area contributed by atoms with Gasteiger partial charge in [-0.2, -0.15) is 9.61 Å². The van der Waals surface area contributed by atoms with E-state index >= 15 is 0 Å². The van der Waals surface area contributed by atoms with Gasteiger partial charge in [0.05, 0.1) is 5.56 Å². The highest BCUT2D eigenvalue weighted by molar-refractivity contribution is 6.30. The Hall–Kier alpha value is -2.01. The second-order valence-corrected chi connectivity index (χ2v) is 6.23. The number of nitrogens with zero attached hydrogens (tertiary/aromatic N) is 4. The smallest absolute Gasteiger partial charge is 0.188 e. The van der Waals surface area contributed by atoms with Gasteiger partial charge in [0.2, 0.25) is 0 Å². The lowest BCUT2D eigenvalue weighted by atomic mass is 9.88. The molecule has 0 aliphatic heterocycles. The van der Waals surface area contributed by atoms with Crippen molar-refractivity contribution in [1.82, 2.24) is 19.8 Å². The van der Waals surface area contributed by atoms with Gasteiger partial charge in [0.25, 0.3) is 0 Å². The molecular formula is C15H14ClFN4. The Morgan fingerprint density at radius 1 is 1.14 bits per heavy atom. The fraction of sp³-hybridized carbons (Fsp3) is 0.267. The molecule has 2 aromatic heterocycles. The molecule has 0 saturated heterocycles. The maximum absolute atomic E-state index is 13.9. The third-order valence-electron chi connectivity index (χ3n) is 3.27. The first kappa shape index (κ1) is 13.9. The summed E-state index contributed by atoms with van der Waals surface area (Å²) in [5, 5.41) is 12.8. The van der Waals surface area contributed by atoms with Crippen LogP contribution in [0.3, 0.4) is 0 Å². The first-order chi connectivity index (χ1) is 9.88. The van der Waals surface area contributed by atoms with Crippen molar-refractivity contribution in [3.8, 4) is 11.4 Å². The highest BCUT2D eigenvalue weighted by atomic mass is 35.5. The fourth-order valence-electron chi connectivity index (χ4n) is 2.15. The largest absolute Gasteiger partial charge is 0.206 e. The van der Waals surface area contributed by atoms with Crippen LogP contribution in [0, 0.1) is 5.82 Å². The maximum atomic E-state index is 13.9. The van der Waals surface area contributed by atoms with Crippen LogP contribution in [0.15, 0.2) is 30.3 Å². The average molecular weight is 305 g/mol. The zero-order valence-electron chi connectivity index (χ0n) is 11.9. The molecule has 0 fully saturated rings. The van der Waals surface area contributed by atoms with Crippen molar-refractivity contribution in [3.63, 3.8) is 0 Å². The Kier molecular flexibility index (Phi) is 3.17. The second kappa shape index (κ2) is 4.77. The van der Waals surface area contributed by atoms with E-state index in [0.29, 0.717) is 22.2 Å². The number of hydrogen-bond acceptors (Lipinski definition) is 3. The summed E-state index contributed by atoms with van der Waals surface area (Å²) in [4.78, 5) is 0. The quantitative estimate of drug-likeness (QED) is 0.685. The summed E-state index contributed by atoms with van der Waals surface area (Å²) >= 11 is 6.26. The molecule has 0 amide bonds. The summed E-state index contributed by atoms with van der Waals surface area (Å²) < 4.78 is 15.4. The standard InChI is InChI=1S/C15H14ClFN4/c1-15(2,3)10-8-12-18-19-14(21(12)20-13(10)16)9-6-4-5-7-11(9)17/h4-8H,1-3H3. The van der Waals surface area contributed by atoms with Crippen molar-refractivity contribution < 1.29 is 4.39 Å². The third kappa shape index (κ3) is 2.38. The molecule has 21 heavy (non-hydrogen) atoms. The predicted molar refractivity (Wildman–Crippen MR) is 79.9 cm³/mol. The van der Waals surface area contributed by atoms with Crippen molar-refractivity contribution in [2.75, 3.05) is 0 Å². The summed E-state index contributed by atoms with van der Waals surface area (Å²) in [6, 6.07) is 8.22. The summed E-state index contributed by atoms with van der Waals surface area (Å²) in [6.07, 6.45) is 0. The number of aromatic nitrogens is 4. The minimum atomic E-state index is -0.371. The summed E-state index contributed by atoms with van der Waals surface area (Å²) in [7, 11) is 0. The van der Waals surface area contributed by atoms with Crippen molar-refractivity contribution in [2.24, 2.45) is 0 Å². The number of halogens is 2. The van der Waals surface area contributed by atoms with Gasteiger partial charge in [0, 0.05) is 5.56 Å². The molecular weight excluding hydrogens is 291 g/mol. The van der Waals surface area contributed by atoms with Crippen molar-refractivity contribution in [3.05, 3.63) is 46.9 Å². The molecule has 0 radical (unpaired) electrons. The summed E-state index contributed by atoms with van der Waals surface area (Å²) in [6.45, 7) is 6.13. The molecule has 0 saturated carbocycles. The zero-order chi connectivity index (χ0) is 15.2. The van der Waals surface area contributed by atoms with Gasteiger partial charge in [-0.25, -0.2) is 4.39 Å². The first-order valence-corrected chi connectivity index (χ1v) is 6.93. The lowest BCUT2D eigenvalue weighted by Crippen LogP contribution is -2.14. The van der Waals surface area contributed by atoms with Crippen LogP contribution in [0.25, 0.3) is 17.0 Å². The van der Waals surface area contributed by atoms with Crippen LogP contribution in [0.1, 0.15) is 26.3 Å². The summed E-state index contributed by atoms with van der Waals surface area (Å²) in [5.74, 6) is -0.0323. The second-order valence-electron chi connectivity index (χ2n) is 5.87. The van der Waals surface area contributed by atoms with Crippen LogP contribution in [0.4, 0.5) is 4.39 Å². The van der Waals surface area contributed by atoms with Gasteiger partial charge < -0.3 is 0 Å². The monoisotopic (exact) mass is 304 g/mol. The van der Waals surface area contributed by atoms with Crippen LogP contribution in [-0.2, 0) is 5.41 Å². The topological polar surface area (TPSA) is 43.1 Å². The van der Waals surface area contributed by atoms with E-state index in [2.05, 4.69) is 15.3 Å². The first-order valence-electron chi connectivity index (χ1n) is 6.55. The van der Waals surface area contributed by atoms with E-state index in [4.69, 9.17) is 11.6 Å². The molecule has 3 aromatic rings. The van der Waals surface area contributed by atoms with Crippen molar-refractivity contribution in [1.29, 1.82) is 0 Å². The van der Waals surface area contributed by atoms with Gasteiger partial charge in [-0.05, 0) is 23.6 Å². The van der Waals surface area contributed by atoms with E-state index in [1.54, 1.807) is 18.2 Å². The molecule has 0 aliphatic carbocycles. The van der Waals surface area contributed by atoms with Crippen LogP contribution in [-0.4, -0.2) is 19.8 Å². The number of rotatable bonds is 1. The predicted octanol–water partition coefficient (Wildman–Crippen LogP) is 3.88. The highest BCUT2D eigenvalue weighted by Crippen LogP contribution is 2.30. The van der Waals surface area contributed by atoms with E-state index in [9.17, 15) is 4.39 Å². The Bertz CT molecular complexity index is 820. The van der Waals surface area contributed by atoms with E-state index in [0.717, 1.165) is 5.56 Å². The number of fused-ring (bicyclic) bond motifs is 1. The molecule has 3 rings (SSSR count). The van der Waals surface area contributed by atoms with Crippen LogP contribution in [0.2, 0.25) is 5.15 Å². The lowest BCUT2D eigenvalue weighted by Gasteiger charge is -2.19. The number of hydrogen-bond donors (Lipinski definition) is 0. The highest BCUT2D eigenvalue weighted by Gasteiger charge is 2.22. The zero-order valence-corrected chi connectivity index (χ0v) is 12.7. The van der Waals surface area contributed by atoms with Crippen molar-refractivity contribution >= 4 is 17.2 Å². The SMILES string of the molecule is CC(C)(C)c1cc2nnc(-c3ccccc3F)n2nc1Cl. The minimum absolute atomic E-state index is 0.157. The van der Waals surface area contributed by atoms with Gasteiger partial charge in [0.1, 0.15) is 5.82 Å². The average Bonchev–Trinajstić information content (AvgIpc) is 2.80. The molecule has 0 aliphatic rings. The van der Waals surface area contributed by atoms with E-state index in [1.165, 1.54) is 10.6 Å². The van der Waals surface area contributed by atoms with Crippen LogP contribution in [0.5, 0.6) is 0 Å². The van der Waals surface area contributed by atoms with E-state index in [1.807, 2.05) is 26.8 Å². The maximum Gasteiger partial charge on any atom is 0.188 e. The summed E-state index contributed by atoms with van der Waals surface area (Å²) in [5.41, 5.74) is 1.61. The fourth-order valence-corrected chi connectivity index (χ4v) is 2.56. The Labute approximate surface area is 126 Å². The van der Waals surface area contributed by atoms with Gasteiger partial charge in [-0.1, -0.05) is 44.5 Å². The van der Waals surface area contributed by atoms with Crippen LogP contribution >= 0.6 is 11.6 Å². The molecule has 0 bridgehead atoms. The molecule has 0 atom stereocenters.